The van der Waals surface area contributed by atoms with E-state index >= 15 is 0 Å². The third-order valence-corrected chi connectivity index (χ3v) is 6.11. The number of pyridine rings is 1. The van der Waals surface area contributed by atoms with E-state index in [1.165, 1.54) is 13.4 Å². The minimum absolute atomic E-state index is 0.0592. The Kier molecular flexibility index (Phi) is 4.27. The van der Waals surface area contributed by atoms with E-state index in [-0.39, 0.29) is 23.8 Å². The van der Waals surface area contributed by atoms with Crippen LogP contribution < -0.4 is 4.74 Å². The summed E-state index contributed by atoms with van der Waals surface area (Å²) in [5.74, 6) is -0.258. The lowest BCUT2D eigenvalue weighted by atomic mass is 9.78. The number of carbonyl (C=O) groups excluding carboxylic acids is 2. The van der Waals surface area contributed by atoms with Crippen molar-refractivity contribution in [2.45, 2.75) is 20.0 Å². The molecule has 1 unspecified atom stereocenters. The fourth-order valence-electron chi connectivity index (χ4n) is 4.62. The Hall–Kier alpha value is -3.35. The van der Waals surface area contributed by atoms with E-state index in [0.717, 1.165) is 10.9 Å². The maximum atomic E-state index is 13.4. The van der Waals surface area contributed by atoms with Gasteiger partial charge in [0, 0.05) is 23.8 Å². The van der Waals surface area contributed by atoms with Crippen molar-refractivity contribution < 1.29 is 23.8 Å². The van der Waals surface area contributed by atoms with Gasteiger partial charge in [-0.3, -0.25) is 4.79 Å². The standard InChI is InChI=1S/C23H22N2O5/c1-4-29-21-13-7-5-6-8-17(13)24-20-18-9-14-15(10-25(18)22(26)19(20)21)12(2)30-11-16(14)23(27)28-3/h5-9,11-12,14-15H,4,10H2,1-3H3/t12-,14?,15-/m0/s1. The second kappa shape index (κ2) is 6.86. The molecule has 0 bridgehead atoms. The van der Waals surface area contributed by atoms with Gasteiger partial charge in [0.15, 0.2) is 0 Å². The first kappa shape index (κ1) is 18.7. The molecular weight excluding hydrogens is 384 g/mol. The Morgan fingerprint density at radius 2 is 2.13 bits per heavy atom. The van der Waals surface area contributed by atoms with Crippen LogP contribution in [0.25, 0.3) is 16.6 Å². The number of esters is 1. The largest absolute Gasteiger partial charge is 0.497 e. The van der Waals surface area contributed by atoms with Crippen LogP contribution in [0.15, 0.2) is 42.2 Å². The zero-order valence-corrected chi connectivity index (χ0v) is 17.0. The highest BCUT2D eigenvalue weighted by Gasteiger charge is 2.47. The molecule has 0 saturated carbocycles. The van der Waals surface area contributed by atoms with Crippen molar-refractivity contribution in [3.63, 3.8) is 0 Å². The van der Waals surface area contributed by atoms with E-state index in [0.29, 0.717) is 41.4 Å². The number of carbonyl (C=O) groups is 2. The lowest BCUT2D eigenvalue weighted by Gasteiger charge is -2.40. The molecule has 1 amide bonds. The highest BCUT2D eigenvalue weighted by molar-refractivity contribution is 6.14. The molecule has 3 aliphatic rings. The van der Waals surface area contributed by atoms with Crippen molar-refractivity contribution in [2.24, 2.45) is 11.8 Å². The summed E-state index contributed by atoms with van der Waals surface area (Å²) in [7, 11) is 1.36. The Labute approximate surface area is 173 Å². The van der Waals surface area contributed by atoms with E-state index in [2.05, 4.69) is 0 Å². The first-order valence-electron chi connectivity index (χ1n) is 10.1. The number of fused-ring (bicyclic) bond motifs is 5. The quantitative estimate of drug-likeness (QED) is 0.729. The lowest BCUT2D eigenvalue weighted by Crippen LogP contribution is -2.45. The topological polar surface area (TPSA) is 78.0 Å². The number of nitrogens with zero attached hydrogens (tertiary/aromatic N) is 2. The second-order valence-electron chi connectivity index (χ2n) is 7.68. The van der Waals surface area contributed by atoms with Crippen LogP contribution in [-0.4, -0.2) is 48.1 Å². The molecule has 7 heteroatoms. The molecular formula is C23H22N2O5. The van der Waals surface area contributed by atoms with E-state index in [1.54, 1.807) is 4.90 Å². The molecule has 1 aromatic carbocycles. The number of hydrogen-bond acceptors (Lipinski definition) is 6. The molecule has 4 heterocycles. The predicted molar refractivity (Wildman–Crippen MR) is 110 cm³/mol. The lowest BCUT2D eigenvalue weighted by molar-refractivity contribution is -0.137. The second-order valence-corrected chi connectivity index (χ2v) is 7.68. The SMILES string of the molecule is CCOc1c2c(nc3ccccc13)C1=CC3C(C(=O)OC)=CO[C@@H](C)[C@@H]3CN1C2=O. The Morgan fingerprint density at radius 3 is 2.90 bits per heavy atom. The van der Waals surface area contributed by atoms with Gasteiger partial charge in [-0.1, -0.05) is 12.1 Å². The minimum atomic E-state index is -0.423. The molecule has 0 radical (unpaired) electrons. The van der Waals surface area contributed by atoms with Crippen LogP contribution in [-0.2, 0) is 14.3 Å². The van der Waals surface area contributed by atoms with E-state index in [1.807, 2.05) is 44.2 Å². The molecule has 0 spiro atoms. The molecule has 154 valence electrons. The maximum absolute atomic E-state index is 13.4. The highest BCUT2D eigenvalue weighted by Crippen LogP contribution is 2.47. The van der Waals surface area contributed by atoms with Gasteiger partial charge in [0.2, 0.25) is 0 Å². The number of allylic oxidation sites excluding steroid dienone is 1. The first-order valence-corrected chi connectivity index (χ1v) is 10.1. The number of aromatic nitrogens is 1. The summed E-state index contributed by atoms with van der Waals surface area (Å²) in [5.41, 5.74) is 3.02. The first-order chi connectivity index (χ1) is 14.5. The summed E-state index contributed by atoms with van der Waals surface area (Å²) in [5, 5.41) is 0.816. The summed E-state index contributed by atoms with van der Waals surface area (Å²) in [6, 6.07) is 7.65. The van der Waals surface area contributed by atoms with Crippen molar-refractivity contribution >= 4 is 28.5 Å². The Balaban J connectivity index is 1.71. The van der Waals surface area contributed by atoms with Gasteiger partial charge in [0.05, 0.1) is 36.8 Å². The molecule has 0 saturated heterocycles. The molecule has 0 aliphatic carbocycles. The molecule has 1 aromatic heterocycles. The molecule has 0 fully saturated rings. The van der Waals surface area contributed by atoms with Gasteiger partial charge >= 0.3 is 5.97 Å². The van der Waals surface area contributed by atoms with Crippen molar-refractivity contribution in [3.8, 4) is 5.75 Å². The van der Waals surface area contributed by atoms with Gasteiger partial charge < -0.3 is 19.1 Å². The fourth-order valence-corrected chi connectivity index (χ4v) is 4.62. The van der Waals surface area contributed by atoms with Crippen LogP contribution in [0.3, 0.4) is 0 Å². The molecule has 3 atom stereocenters. The third-order valence-electron chi connectivity index (χ3n) is 6.11. The van der Waals surface area contributed by atoms with Gasteiger partial charge in [-0.25, -0.2) is 9.78 Å². The summed E-state index contributed by atoms with van der Waals surface area (Å²) in [6.45, 7) is 4.72. The molecule has 0 N–H and O–H groups in total. The third kappa shape index (κ3) is 2.54. The Bertz CT molecular complexity index is 1140. The average Bonchev–Trinajstić information content (AvgIpc) is 3.04. The average molecular weight is 406 g/mol. The summed E-state index contributed by atoms with van der Waals surface area (Å²) < 4.78 is 16.6. The molecule has 7 nitrogen and oxygen atoms in total. The zero-order chi connectivity index (χ0) is 21.0. The fraction of sp³-hybridized carbons (Fsp3) is 0.348. The summed E-state index contributed by atoms with van der Waals surface area (Å²) >= 11 is 0. The van der Waals surface area contributed by atoms with Crippen molar-refractivity contribution in [2.75, 3.05) is 20.3 Å². The van der Waals surface area contributed by atoms with Gasteiger partial charge in [0.25, 0.3) is 5.91 Å². The van der Waals surface area contributed by atoms with Gasteiger partial charge in [-0.05, 0) is 32.1 Å². The molecule has 5 rings (SSSR count). The number of benzene rings is 1. The number of hydrogen-bond donors (Lipinski definition) is 0. The zero-order valence-electron chi connectivity index (χ0n) is 17.0. The number of ether oxygens (including phenoxy) is 3. The van der Waals surface area contributed by atoms with Crippen LogP contribution in [0, 0.1) is 11.8 Å². The summed E-state index contributed by atoms with van der Waals surface area (Å²) in [4.78, 5) is 32.3. The normalized spacial score (nSPS) is 24.3. The van der Waals surface area contributed by atoms with E-state index in [4.69, 9.17) is 19.2 Å². The monoisotopic (exact) mass is 406 g/mol. The van der Waals surface area contributed by atoms with Crippen molar-refractivity contribution in [1.29, 1.82) is 0 Å². The van der Waals surface area contributed by atoms with Crippen molar-refractivity contribution in [1.82, 2.24) is 9.88 Å². The smallest absolute Gasteiger partial charge is 0.337 e. The van der Waals surface area contributed by atoms with Gasteiger partial charge in [-0.2, -0.15) is 0 Å². The number of para-hydroxylation sites is 1. The van der Waals surface area contributed by atoms with Crippen LogP contribution in [0.1, 0.15) is 29.9 Å². The van der Waals surface area contributed by atoms with Gasteiger partial charge in [0.1, 0.15) is 23.1 Å². The van der Waals surface area contributed by atoms with Crippen LogP contribution in [0.5, 0.6) is 5.75 Å². The Morgan fingerprint density at radius 1 is 1.33 bits per heavy atom. The van der Waals surface area contributed by atoms with Crippen LogP contribution in [0.4, 0.5) is 0 Å². The number of rotatable bonds is 3. The van der Waals surface area contributed by atoms with E-state index < -0.39 is 5.97 Å². The van der Waals surface area contributed by atoms with Crippen molar-refractivity contribution in [3.05, 3.63) is 53.4 Å². The highest BCUT2D eigenvalue weighted by atomic mass is 16.5. The van der Waals surface area contributed by atoms with E-state index in [9.17, 15) is 9.59 Å². The van der Waals surface area contributed by atoms with Crippen LogP contribution in [0.2, 0.25) is 0 Å². The molecule has 2 aromatic rings. The number of amides is 1. The predicted octanol–water partition coefficient (Wildman–Crippen LogP) is 3.15. The van der Waals surface area contributed by atoms with Crippen LogP contribution >= 0.6 is 0 Å². The molecule has 30 heavy (non-hydrogen) atoms. The number of methoxy groups -OCH3 is 1. The minimum Gasteiger partial charge on any atom is -0.497 e. The molecule has 3 aliphatic heterocycles. The maximum Gasteiger partial charge on any atom is 0.337 e. The van der Waals surface area contributed by atoms with Gasteiger partial charge in [-0.15, -0.1) is 0 Å². The summed E-state index contributed by atoms with van der Waals surface area (Å²) in [6.07, 6.45) is 3.30.